The Kier molecular flexibility index (Phi) is 5.25. The van der Waals surface area contributed by atoms with Gasteiger partial charge in [0.25, 0.3) is 0 Å². The standard InChI is InChI=1S/C20H21NO2/c22-13-12-21-14-19-18-9-5-4-8-17(18)10-11-20(19)23-15-16-6-2-1-3-7-16/h1-11,21-22H,12-15H2/p+1. The highest BCUT2D eigenvalue weighted by molar-refractivity contribution is 5.87. The van der Waals surface area contributed by atoms with E-state index in [1.807, 2.05) is 30.3 Å². The Morgan fingerprint density at radius 3 is 2.48 bits per heavy atom. The normalized spacial score (nSPS) is 10.8. The van der Waals surface area contributed by atoms with E-state index in [0.717, 1.165) is 17.9 Å². The second-order valence-electron chi connectivity index (χ2n) is 5.54. The third-order valence-corrected chi connectivity index (χ3v) is 3.92. The van der Waals surface area contributed by atoms with Gasteiger partial charge in [-0.2, -0.15) is 0 Å². The van der Waals surface area contributed by atoms with Gasteiger partial charge >= 0.3 is 0 Å². The Balaban J connectivity index is 1.86. The summed E-state index contributed by atoms with van der Waals surface area (Å²) in [5.41, 5.74) is 2.35. The van der Waals surface area contributed by atoms with Crippen LogP contribution < -0.4 is 10.1 Å². The fourth-order valence-electron chi connectivity index (χ4n) is 2.73. The molecule has 0 unspecified atom stereocenters. The molecule has 0 radical (unpaired) electrons. The molecule has 23 heavy (non-hydrogen) atoms. The largest absolute Gasteiger partial charge is 0.488 e. The van der Waals surface area contributed by atoms with E-state index in [0.29, 0.717) is 13.2 Å². The summed E-state index contributed by atoms with van der Waals surface area (Å²) in [7, 11) is 0. The molecule has 0 aromatic heterocycles. The van der Waals surface area contributed by atoms with Gasteiger partial charge in [-0.15, -0.1) is 0 Å². The average molecular weight is 308 g/mol. The van der Waals surface area contributed by atoms with Crippen LogP contribution in [0.15, 0.2) is 66.7 Å². The lowest BCUT2D eigenvalue weighted by Gasteiger charge is -2.13. The summed E-state index contributed by atoms with van der Waals surface area (Å²) in [6, 6.07) is 22.7. The van der Waals surface area contributed by atoms with Crippen LogP contribution in [0, 0.1) is 0 Å². The van der Waals surface area contributed by atoms with Crippen LogP contribution >= 0.6 is 0 Å². The fraction of sp³-hybridized carbons (Fsp3) is 0.200. The summed E-state index contributed by atoms with van der Waals surface area (Å²) >= 11 is 0. The summed E-state index contributed by atoms with van der Waals surface area (Å²) in [6.07, 6.45) is 0. The Morgan fingerprint density at radius 1 is 0.870 bits per heavy atom. The molecule has 0 atom stereocenters. The zero-order valence-corrected chi connectivity index (χ0v) is 13.1. The van der Waals surface area contributed by atoms with Gasteiger partial charge in [0.2, 0.25) is 0 Å². The first-order chi connectivity index (χ1) is 11.4. The molecule has 0 aliphatic heterocycles. The molecule has 3 heteroatoms. The number of hydrogen-bond donors (Lipinski definition) is 2. The minimum Gasteiger partial charge on any atom is -0.488 e. The lowest BCUT2D eigenvalue weighted by atomic mass is 10.0. The van der Waals surface area contributed by atoms with E-state index in [9.17, 15) is 0 Å². The van der Waals surface area contributed by atoms with Crippen molar-refractivity contribution in [2.75, 3.05) is 13.2 Å². The van der Waals surface area contributed by atoms with Crippen LogP contribution in [0.5, 0.6) is 5.75 Å². The lowest BCUT2D eigenvalue weighted by molar-refractivity contribution is -0.671. The van der Waals surface area contributed by atoms with Gasteiger partial charge in [0.05, 0.1) is 18.7 Å². The molecule has 0 heterocycles. The number of quaternary nitrogens is 1. The van der Waals surface area contributed by atoms with Gasteiger partial charge in [-0.25, -0.2) is 0 Å². The summed E-state index contributed by atoms with van der Waals surface area (Å²) in [5.74, 6) is 0.918. The van der Waals surface area contributed by atoms with Crippen molar-refractivity contribution in [1.29, 1.82) is 0 Å². The van der Waals surface area contributed by atoms with E-state index >= 15 is 0 Å². The van der Waals surface area contributed by atoms with E-state index in [4.69, 9.17) is 9.84 Å². The zero-order chi connectivity index (χ0) is 15.9. The number of rotatable bonds is 7. The lowest BCUT2D eigenvalue weighted by Crippen LogP contribution is -2.83. The van der Waals surface area contributed by atoms with Crippen LogP contribution in [-0.4, -0.2) is 18.3 Å². The smallest absolute Gasteiger partial charge is 0.129 e. The highest BCUT2D eigenvalue weighted by atomic mass is 16.5. The second-order valence-corrected chi connectivity index (χ2v) is 5.54. The van der Waals surface area contributed by atoms with E-state index in [-0.39, 0.29) is 6.61 Å². The maximum atomic E-state index is 9.02. The predicted molar refractivity (Wildman–Crippen MR) is 92.3 cm³/mol. The second kappa shape index (κ2) is 7.77. The topological polar surface area (TPSA) is 46.1 Å². The van der Waals surface area contributed by atoms with Crippen LogP contribution in [0.3, 0.4) is 0 Å². The summed E-state index contributed by atoms with van der Waals surface area (Å²) in [6.45, 7) is 2.24. The molecule has 3 N–H and O–H groups in total. The predicted octanol–water partition coefficient (Wildman–Crippen LogP) is 2.47. The molecular formula is C20H22NO2+. The first-order valence-corrected chi connectivity index (χ1v) is 7.98. The quantitative estimate of drug-likeness (QED) is 0.659. The van der Waals surface area contributed by atoms with Crippen molar-refractivity contribution in [3.63, 3.8) is 0 Å². The Labute approximate surface area is 136 Å². The summed E-state index contributed by atoms with van der Waals surface area (Å²) in [4.78, 5) is 0. The molecule has 0 aliphatic carbocycles. The summed E-state index contributed by atoms with van der Waals surface area (Å²) in [5, 5.41) is 13.6. The van der Waals surface area contributed by atoms with Gasteiger partial charge in [0, 0.05) is 0 Å². The van der Waals surface area contributed by atoms with E-state index in [1.165, 1.54) is 16.3 Å². The molecule has 3 nitrogen and oxygen atoms in total. The molecule has 0 aliphatic rings. The number of benzene rings is 3. The van der Waals surface area contributed by atoms with E-state index in [1.54, 1.807) is 0 Å². The molecule has 0 fully saturated rings. The Hall–Kier alpha value is -2.36. The minimum atomic E-state index is 0.185. The molecule has 0 saturated heterocycles. The fourth-order valence-corrected chi connectivity index (χ4v) is 2.73. The first-order valence-electron chi connectivity index (χ1n) is 7.98. The molecule has 3 aromatic carbocycles. The molecule has 0 bridgehead atoms. The average Bonchev–Trinajstić information content (AvgIpc) is 2.62. The van der Waals surface area contributed by atoms with Crippen molar-refractivity contribution in [3.8, 4) is 5.75 Å². The molecule has 0 amide bonds. The van der Waals surface area contributed by atoms with Crippen molar-refractivity contribution in [3.05, 3.63) is 77.9 Å². The van der Waals surface area contributed by atoms with Crippen molar-refractivity contribution < 1.29 is 15.2 Å². The van der Waals surface area contributed by atoms with Gasteiger partial charge in [-0.3, -0.25) is 0 Å². The number of aliphatic hydroxyl groups is 1. The van der Waals surface area contributed by atoms with E-state index in [2.05, 4.69) is 41.7 Å². The highest BCUT2D eigenvalue weighted by Crippen LogP contribution is 2.28. The van der Waals surface area contributed by atoms with Gasteiger partial charge in [0.1, 0.15) is 18.9 Å². The van der Waals surface area contributed by atoms with Gasteiger partial charge in [-0.1, -0.05) is 60.7 Å². The van der Waals surface area contributed by atoms with Gasteiger partial charge in [-0.05, 0) is 22.4 Å². The van der Waals surface area contributed by atoms with Crippen LogP contribution in [0.4, 0.5) is 0 Å². The first kappa shape index (κ1) is 15.5. The molecule has 0 saturated carbocycles. The van der Waals surface area contributed by atoms with Crippen LogP contribution in [0.25, 0.3) is 10.8 Å². The Bertz CT molecular complexity index is 756. The van der Waals surface area contributed by atoms with Crippen LogP contribution in [0.2, 0.25) is 0 Å². The van der Waals surface area contributed by atoms with E-state index < -0.39 is 0 Å². The van der Waals surface area contributed by atoms with Crippen molar-refractivity contribution in [1.82, 2.24) is 0 Å². The van der Waals surface area contributed by atoms with Crippen molar-refractivity contribution >= 4 is 10.8 Å². The Morgan fingerprint density at radius 2 is 1.65 bits per heavy atom. The van der Waals surface area contributed by atoms with Crippen LogP contribution in [0.1, 0.15) is 11.1 Å². The molecule has 0 spiro atoms. The maximum Gasteiger partial charge on any atom is 0.129 e. The number of hydrogen-bond acceptors (Lipinski definition) is 2. The van der Waals surface area contributed by atoms with Gasteiger partial charge < -0.3 is 15.2 Å². The number of nitrogens with two attached hydrogens (primary N) is 1. The number of ether oxygens (including phenoxy) is 1. The molecular weight excluding hydrogens is 286 g/mol. The number of aliphatic hydroxyl groups excluding tert-OH is 1. The molecule has 3 aromatic rings. The maximum absolute atomic E-state index is 9.02. The SMILES string of the molecule is OCC[NH2+]Cc1c(OCc2ccccc2)ccc2ccccc12. The summed E-state index contributed by atoms with van der Waals surface area (Å²) < 4.78 is 6.08. The molecule has 118 valence electrons. The monoisotopic (exact) mass is 308 g/mol. The van der Waals surface area contributed by atoms with Crippen molar-refractivity contribution in [2.24, 2.45) is 0 Å². The zero-order valence-electron chi connectivity index (χ0n) is 13.1. The third-order valence-electron chi connectivity index (χ3n) is 3.92. The van der Waals surface area contributed by atoms with Gasteiger partial charge in [0.15, 0.2) is 0 Å². The van der Waals surface area contributed by atoms with Crippen LogP contribution in [-0.2, 0) is 13.2 Å². The highest BCUT2D eigenvalue weighted by Gasteiger charge is 2.10. The van der Waals surface area contributed by atoms with Crippen molar-refractivity contribution in [2.45, 2.75) is 13.2 Å². The number of fused-ring (bicyclic) bond motifs is 1. The minimum absolute atomic E-state index is 0.185. The molecule has 3 rings (SSSR count). The third kappa shape index (κ3) is 3.89.